The molecule has 0 spiro atoms. The molecule has 0 radical (unpaired) electrons. The Morgan fingerprint density at radius 1 is 0.967 bits per heavy atom. The van der Waals surface area contributed by atoms with Gasteiger partial charge >= 0.3 is 0 Å². The zero-order chi connectivity index (χ0) is 20.9. The highest BCUT2D eigenvalue weighted by molar-refractivity contribution is 6.31. The van der Waals surface area contributed by atoms with E-state index in [0.29, 0.717) is 13.2 Å². The molecule has 152 valence electrons. The maximum Gasteiger partial charge on any atom is 0.133 e. The lowest BCUT2D eigenvalue weighted by atomic mass is 10.2. The molecule has 30 heavy (non-hydrogen) atoms. The molecule has 4 nitrogen and oxygen atoms in total. The Kier molecular flexibility index (Phi) is 6.05. The average molecular weight is 419 g/mol. The number of imidazole rings is 1. The topological polar surface area (TPSA) is 36.3 Å². The van der Waals surface area contributed by atoms with Gasteiger partial charge in [-0.1, -0.05) is 41.9 Å². The molecule has 0 fully saturated rings. The molecule has 4 rings (SSSR count). The zero-order valence-corrected chi connectivity index (χ0v) is 17.8. The molecule has 3 aromatic carbocycles. The van der Waals surface area contributed by atoms with Gasteiger partial charge in [0.05, 0.1) is 24.7 Å². The molecule has 0 saturated heterocycles. The van der Waals surface area contributed by atoms with Gasteiger partial charge in [0.25, 0.3) is 0 Å². The molecule has 0 saturated carbocycles. The van der Waals surface area contributed by atoms with Gasteiger partial charge in [-0.05, 0) is 66.6 Å². The summed E-state index contributed by atoms with van der Waals surface area (Å²) in [5, 5.41) is 0.744. The van der Waals surface area contributed by atoms with Crippen LogP contribution in [-0.4, -0.2) is 23.3 Å². The molecule has 0 bridgehead atoms. The molecule has 1 heterocycles. The predicted molar refractivity (Wildman–Crippen MR) is 123 cm³/mol. The Balaban J connectivity index is 1.55. The van der Waals surface area contributed by atoms with Crippen LogP contribution in [0.2, 0.25) is 5.02 Å². The summed E-state index contributed by atoms with van der Waals surface area (Å²) in [6.45, 7) is 3.19. The second-order valence-electron chi connectivity index (χ2n) is 6.98. The minimum Gasteiger partial charge on any atom is -0.497 e. The fourth-order valence-corrected chi connectivity index (χ4v) is 3.42. The van der Waals surface area contributed by atoms with Crippen LogP contribution in [0.25, 0.3) is 23.2 Å². The minimum absolute atomic E-state index is 0.533. The molecular formula is C25H23ClN2O2. The minimum atomic E-state index is 0.533. The van der Waals surface area contributed by atoms with Crippen molar-refractivity contribution in [2.45, 2.75) is 13.5 Å². The number of ether oxygens (including phenoxy) is 2. The fourth-order valence-electron chi connectivity index (χ4n) is 3.30. The molecule has 5 heteroatoms. The summed E-state index contributed by atoms with van der Waals surface area (Å²) >= 11 is 6.10. The number of benzene rings is 3. The van der Waals surface area contributed by atoms with E-state index in [9.17, 15) is 0 Å². The van der Waals surface area contributed by atoms with Crippen molar-refractivity contribution < 1.29 is 9.47 Å². The van der Waals surface area contributed by atoms with Crippen LogP contribution in [0.4, 0.5) is 0 Å². The molecule has 0 aliphatic rings. The van der Waals surface area contributed by atoms with E-state index in [1.807, 2.05) is 73.7 Å². The van der Waals surface area contributed by atoms with Gasteiger partial charge in [-0.15, -0.1) is 0 Å². The van der Waals surface area contributed by atoms with Crippen molar-refractivity contribution in [3.63, 3.8) is 0 Å². The van der Waals surface area contributed by atoms with Gasteiger partial charge in [-0.25, -0.2) is 4.98 Å². The Labute approximate surface area is 181 Å². The SMILES string of the molecule is COc1ccc(/C=C/c2nc3ccccc3n2CCOc2ccc(Cl)c(C)c2)cc1. The van der Waals surface area contributed by atoms with Gasteiger partial charge in [0.1, 0.15) is 23.9 Å². The molecular weight excluding hydrogens is 396 g/mol. The number of nitrogens with zero attached hydrogens (tertiary/aromatic N) is 2. The quantitative estimate of drug-likeness (QED) is 0.355. The van der Waals surface area contributed by atoms with E-state index in [-0.39, 0.29) is 0 Å². The highest BCUT2D eigenvalue weighted by Crippen LogP contribution is 2.22. The molecule has 0 aliphatic heterocycles. The summed E-state index contributed by atoms with van der Waals surface area (Å²) in [7, 11) is 1.67. The van der Waals surface area contributed by atoms with Crippen molar-refractivity contribution in [2.24, 2.45) is 0 Å². The van der Waals surface area contributed by atoms with Gasteiger partial charge in [0.15, 0.2) is 0 Å². The van der Waals surface area contributed by atoms with Crippen molar-refractivity contribution >= 4 is 34.8 Å². The molecule has 1 aromatic heterocycles. The first-order chi connectivity index (χ1) is 14.6. The second-order valence-corrected chi connectivity index (χ2v) is 7.38. The molecule has 0 N–H and O–H groups in total. The van der Waals surface area contributed by atoms with Crippen LogP contribution in [0.15, 0.2) is 66.7 Å². The summed E-state index contributed by atoms with van der Waals surface area (Å²) < 4.78 is 13.4. The molecule has 4 aromatic rings. The number of aryl methyl sites for hydroxylation is 1. The van der Waals surface area contributed by atoms with Gasteiger partial charge < -0.3 is 14.0 Å². The van der Waals surface area contributed by atoms with Crippen LogP contribution in [0.3, 0.4) is 0 Å². The number of fused-ring (bicyclic) bond motifs is 1. The second kappa shape index (κ2) is 9.06. The van der Waals surface area contributed by atoms with E-state index in [4.69, 9.17) is 26.1 Å². The van der Waals surface area contributed by atoms with Crippen LogP contribution in [0.1, 0.15) is 17.0 Å². The molecule has 0 atom stereocenters. The van der Waals surface area contributed by atoms with Crippen LogP contribution in [0, 0.1) is 6.92 Å². The fraction of sp³-hybridized carbons (Fsp3) is 0.160. The molecule has 0 unspecified atom stereocenters. The van der Waals surface area contributed by atoms with Crippen molar-refractivity contribution in [1.82, 2.24) is 9.55 Å². The number of rotatable bonds is 7. The van der Waals surface area contributed by atoms with Crippen LogP contribution >= 0.6 is 11.6 Å². The maximum absolute atomic E-state index is 6.10. The Morgan fingerprint density at radius 2 is 1.73 bits per heavy atom. The Morgan fingerprint density at radius 3 is 2.50 bits per heavy atom. The first-order valence-electron chi connectivity index (χ1n) is 9.80. The third-order valence-corrected chi connectivity index (χ3v) is 5.36. The van der Waals surface area contributed by atoms with E-state index in [1.165, 1.54) is 0 Å². The maximum atomic E-state index is 6.10. The largest absolute Gasteiger partial charge is 0.497 e. The monoisotopic (exact) mass is 418 g/mol. The average Bonchev–Trinajstić information content (AvgIpc) is 3.13. The number of para-hydroxylation sites is 2. The number of halogens is 1. The third-order valence-electron chi connectivity index (χ3n) is 4.94. The van der Waals surface area contributed by atoms with Crippen LogP contribution < -0.4 is 9.47 Å². The zero-order valence-electron chi connectivity index (χ0n) is 17.0. The summed E-state index contributed by atoms with van der Waals surface area (Å²) in [6.07, 6.45) is 4.09. The Hall–Kier alpha value is -3.24. The number of hydrogen-bond acceptors (Lipinski definition) is 3. The normalized spacial score (nSPS) is 11.3. The van der Waals surface area contributed by atoms with Crippen LogP contribution in [-0.2, 0) is 6.54 Å². The van der Waals surface area contributed by atoms with E-state index < -0.39 is 0 Å². The van der Waals surface area contributed by atoms with E-state index in [0.717, 1.165) is 44.5 Å². The van der Waals surface area contributed by atoms with Gasteiger partial charge in [-0.2, -0.15) is 0 Å². The summed E-state index contributed by atoms with van der Waals surface area (Å²) in [4.78, 5) is 4.79. The van der Waals surface area contributed by atoms with Gasteiger partial charge in [0, 0.05) is 5.02 Å². The highest BCUT2D eigenvalue weighted by atomic mass is 35.5. The van der Waals surface area contributed by atoms with Crippen molar-refractivity contribution in [2.75, 3.05) is 13.7 Å². The lowest BCUT2D eigenvalue weighted by molar-refractivity contribution is 0.299. The standard InChI is InChI=1S/C25H23ClN2O2/c1-18-17-21(12-13-22(18)26)30-16-15-28-24-6-4-3-5-23(24)27-25(28)14-9-19-7-10-20(29-2)11-8-19/h3-14,17H,15-16H2,1-2H3/b14-9+. The summed E-state index contributed by atoms with van der Waals surface area (Å²) in [5.41, 5.74) is 4.14. The van der Waals surface area contributed by atoms with Gasteiger partial charge in [-0.3, -0.25) is 0 Å². The molecule has 0 amide bonds. The summed E-state index contributed by atoms with van der Waals surface area (Å²) in [5.74, 6) is 2.55. The van der Waals surface area contributed by atoms with Crippen molar-refractivity contribution in [3.05, 3.63) is 88.7 Å². The number of hydrogen-bond donors (Lipinski definition) is 0. The van der Waals surface area contributed by atoms with Crippen LogP contribution in [0.5, 0.6) is 11.5 Å². The smallest absolute Gasteiger partial charge is 0.133 e. The lowest BCUT2D eigenvalue weighted by Gasteiger charge is -2.10. The van der Waals surface area contributed by atoms with Crippen molar-refractivity contribution in [3.8, 4) is 11.5 Å². The van der Waals surface area contributed by atoms with E-state index in [2.05, 4.69) is 16.7 Å². The highest BCUT2D eigenvalue weighted by Gasteiger charge is 2.08. The van der Waals surface area contributed by atoms with E-state index in [1.54, 1.807) is 7.11 Å². The first kappa shape index (κ1) is 20.0. The Bertz CT molecular complexity index is 1180. The van der Waals surface area contributed by atoms with E-state index >= 15 is 0 Å². The predicted octanol–water partition coefficient (Wildman–Crippen LogP) is 6.26. The number of methoxy groups -OCH3 is 1. The lowest BCUT2D eigenvalue weighted by Crippen LogP contribution is -2.09. The third kappa shape index (κ3) is 4.50. The van der Waals surface area contributed by atoms with Gasteiger partial charge in [0.2, 0.25) is 0 Å². The summed E-state index contributed by atoms with van der Waals surface area (Å²) in [6, 6.07) is 21.8. The first-order valence-corrected chi connectivity index (χ1v) is 10.2. The molecule has 0 aliphatic carbocycles. The van der Waals surface area contributed by atoms with Crippen molar-refractivity contribution in [1.29, 1.82) is 0 Å². The number of aromatic nitrogens is 2.